The standard InChI is InChI=1S/C13H15N3O2/c1-15(10-5-7-18-9-10)13-11(8-17)16-6-3-2-4-12(16)14-13/h2-4,6,8,10H,5,7,9H2,1H3. The van der Waals surface area contributed by atoms with E-state index in [-0.39, 0.29) is 0 Å². The average Bonchev–Trinajstić information content (AvgIpc) is 3.04. The monoisotopic (exact) mass is 245 g/mol. The zero-order valence-corrected chi connectivity index (χ0v) is 10.2. The van der Waals surface area contributed by atoms with E-state index in [0.29, 0.717) is 18.3 Å². The molecule has 1 saturated heterocycles. The molecule has 94 valence electrons. The molecule has 0 amide bonds. The number of hydrogen-bond acceptors (Lipinski definition) is 4. The van der Waals surface area contributed by atoms with E-state index in [4.69, 9.17) is 4.74 Å². The molecule has 0 radical (unpaired) electrons. The van der Waals surface area contributed by atoms with Gasteiger partial charge in [-0.2, -0.15) is 0 Å². The third-order valence-electron chi connectivity index (χ3n) is 3.45. The number of aldehydes is 1. The van der Waals surface area contributed by atoms with Crippen molar-refractivity contribution in [2.45, 2.75) is 12.5 Å². The van der Waals surface area contributed by atoms with Crippen molar-refractivity contribution in [3.8, 4) is 0 Å². The van der Waals surface area contributed by atoms with Crippen LogP contribution in [0.1, 0.15) is 16.9 Å². The number of hydrogen-bond donors (Lipinski definition) is 0. The van der Waals surface area contributed by atoms with Gasteiger partial charge in [0.05, 0.1) is 12.6 Å². The molecule has 0 N–H and O–H groups in total. The van der Waals surface area contributed by atoms with Crippen LogP contribution in [0.4, 0.5) is 5.82 Å². The molecule has 3 heterocycles. The molecule has 2 aromatic rings. The highest BCUT2D eigenvalue weighted by Crippen LogP contribution is 2.23. The van der Waals surface area contributed by atoms with Gasteiger partial charge in [0.25, 0.3) is 0 Å². The van der Waals surface area contributed by atoms with E-state index in [1.54, 1.807) is 0 Å². The Morgan fingerprint density at radius 3 is 3.17 bits per heavy atom. The second-order valence-corrected chi connectivity index (χ2v) is 4.50. The smallest absolute Gasteiger partial charge is 0.170 e. The molecule has 1 fully saturated rings. The van der Waals surface area contributed by atoms with Gasteiger partial charge in [0, 0.05) is 19.9 Å². The van der Waals surface area contributed by atoms with Gasteiger partial charge in [-0.15, -0.1) is 0 Å². The summed E-state index contributed by atoms with van der Waals surface area (Å²) in [5.41, 5.74) is 1.39. The summed E-state index contributed by atoms with van der Waals surface area (Å²) in [6.45, 7) is 1.47. The fourth-order valence-electron chi connectivity index (χ4n) is 2.37. The summed E-state index contributed by atoms with van der Waals surface area (Å²) in [6.07, 6.45) is 3.69. The number of aromatic nitrogens is 2. The Labute approximate surface area is 105 Å². The molecule has 5 nitrogen and oxygen atoms in total. The third-order valence-corrected chi connectivity index (χ3v) is 3.45. The maximum atomic E-state index is 11.3. The average molecular weight is 245 g/mol. The maximum Gasteiger partial charge on any atom is 0.170 e. The molecule has 0 bridgehead atoms. The van der Waals surface area contributed by atoms with E-state index in [9.17, 15) is 4.79 Å². The zero-order valence-electron chi connectivity index (χ0n) is 10.2. The lowest BCUT2D eigenvalue weighted by Crippen LogP contribution is -2.32. The summed E-state index contributed by atoms with van der Waals surface area (Å²) in [6, 6.07) is 6.01. The first kappa shape index (κ1) is 11.2. The number of ether oxygens (including phenoxy) is 1. The molecular formula is C13H15N3O2. The Morgan fingerprint density at radius 2 is 2.44 bits per heavy atom. The normalized spacial score (nSPS) is 19.3. The van der Waals surface area contributed by atoms with Crippen LogP contribution < -0.4 is 4.90 Å². The minimum atomic E-state index is 0.300. The minimum Gasteiger partial charge on any atom is -0.379 e. The number of fused-ring (bicyclic) bond motifs is 1. The van der Waals surface area contributed by atoms with Gasteiger partial charge in [-0.3, -0.25) is 9.20 Å². The van der Waals surface area contributed by atoms with Crippen molar-refractivity contribution in [2.75, 3.05) is 25.2 Å². The van der Waals surface area contributed by atoms with Crippen LogP contribution >= 0.6 is 0 Å². The second-order valence-electron chi connectivity index (χ2n) is 4.50. The van der Waals surface area contributed by atoms with Crippen LogP contribution in [0, 0.1) is 0 Å². The van der Waals surface area contributed by atoms with Gasteiger partial charge in [0.15, 0.2) is 12.1 Å². The highest BCUT2D eigenvalue weighted by molar-refractivity contribution is 5.83. The Balaban J connectivity index is 2.07. The van der Waals surface area contributed by atoms with Crippen molar-refractivity contribution in [1.29, 1.82) is 0 Å². The SMILES string of the molecule is CN(c1nc2ccccn2c1C=O)C1CCOC1. The molecule has 18 heavy (non-hydrogen) atoms. The van der Waals surface area contributed by atoms with E-state index in [1.807, 2.05) is 40.7 Å². The second kappa shape index (κ2) is 4.42. The van der Waals surface area contributed by atoms with Crippen LogP contribution in [0.15, 0.2) is 24.4 Å². The Hall–Kier alpha value is -1.88. The Bertz CT molecular complexity index is 573. The lowest BCUT2D eigenvalue weighted by Gasteiger charge is -2.23. The number of pyridine rings is 1. The van der Waals surface area contributed by atoms with Crippen molar-refractivity contribution in [3.63, 3.8) is 0 Å². The molecule has 1 atom stereocenters. The molecule has 3 rings (SSSR count). The molecule has 0 saturated carbocycles. The van der Waals surface area contributed by atoms with Gasteiger partial charge in [-0.25, -0.2) is 4.98 Å². The molecule has 1 aliphatic rings. The number of rotatable bonds is 3. The first-order chi connectivity index (χ1) is 8.81. The molecule has 0 aliphatic carbocycles. The molecule has 2 aromatic heterocycles. The van der Waals surface area contributed by atoms with Gasteiger partial charge in [-0.05, 0) is 18.6 Å². The van der Waals surface area contributed by atoms with Gasteiger partial charge < -0.3 is 9.64 Å². The summed E-state index contributed by atoms with van der Waals surface area (Å²) in [5.74, 6) is 0.728. The quantitative estimate of drug-likeness (QED) is 0.766. The summed E-state index contributed by atoms with van der Waals surface area (Å²) in [7, 11) is 1.97. The number of nitrogens with zero attached hydrogens (tertiary/aromatic N) is 3. The van der Waals surface area contributed by atoms with Crippen molar-refractivity contribution in [2.24, 2.45) is 0 Å². The molecule has 0 aromatic carbocycles. The van der Waals surface area contributed by atoms with Gasteiger partial charge in [0.1, 0.15) is 11.3 Å². The first-order valence-electron chi connectivity index (χ1n) is 6.04. The summed E-state index contributed by atoms with van der Waals surface area (Å²) in [5, 5.41) is 0. The largest absolute Gasteiger partial charge is 0.379 e. The predicted molar refractivity (Wildman–Crippen MR) is 68.2 cm³/mol. The molecule has 1 aliphatic heterocycles. The molecule has 5 heteroatoms. The molecule has 0 spiro atoms. The topological polar surface area (TPSA) is 46.8 Å². The van der Waals surface area contributed by atoms with Crippen LogP contribution in [0.2, 0.25) is 0 Å². The Kier molecular flexibility index (Phi) is 2.76. The van der Waals surface area contributed by atoms with E-state index in [2.05, 4.69) is 4.98 Å². The lowest BCUT2D eigenvalue weighted by molar-refractivity contribution is 0.111. The van der Waals surface area contributed by atoms with Crippen LogP contribution in [-0.2, 0) is 4.74 Å². The minimum absolute atomic E-state index is 0.300. The van der Waals surface area contributed by atoms with Crippen molar-refractivity contribution < 1.29 is 9.53 Å². The first-order valence-corrected chi connectivity index (χ1v) is 6.04. The Morgan fingerprint density at radius 1 is 1.56 bits per heavy atom. The van der Waals surface area contributed by atoms with E-state index in [0.717, 1.165) is 30.8 Å². The van der Waals surface area contributed by atoms with Gasteiger partial charge >= 0.3 is 0 Å². The molecule has 1 unspecified atom stereocenters. The third kappa shape index (κ3) is 1.67. The van der Waals surface area contributed by atoms with Crippen LogP contribution in [-0.4, -0.2) is 42.0 Å². The highest BCUT2D eigenvalue weighted by Gasteiger charge is 2.25. The highest BCUT2D eigenvalue weighted by atomic mass is 16.5. The van der Waals surface area contributed by atoms with E-state index < -0.39 is 0 Å². The van der Waals surface area contributed by atoms with Crippen molar-refractivity contribution >= 4 is 17.8 Å². The summed E-state index contributed by atoms with van der Waals surface area (Å²) in [4.78, 5) is 17.9. The number of likely N-dealkylation sites (N-methyl/N-ethyl adjacent to an activating group) is 1. The van der Waals surface area contributed by atoms with Crippen LogP contribution in [0.3, 0.4) is 0 Å². The van der Waals surface area contributed by atoms with E-state index >= 15 is 0 Å². The zero-order chi connectivity index (χ0) is 12.5. The van der Waals surface area contributed by atoms with Gasteiger partial charge in [0.2, 0.25) is 0 Å². The number of carbonyl (C=O) groups excluding carboxylic acids is 1. The summed E-state index contributed by atoms with van der Waals surface area (Å²) >= 11 is 0. The number of anilines is 1. The van der Waals surface area contributed by atoms with Crippen LogP contribution in [0.25, 0.3) is 5.65 Å². The van der Waals surface area contributed by atoms with Crippen molar-refractivity contribution in [1.82, 2.24) is 9.38 Å². The number of carbonyl (C=O) groups is 1. The summed E-state index contributed by atoms with van der Waals surface area (Å²) < 4.78 is 7.20. The predicted octanol–water partition coefficient (Wildman–Crippen LogP) is 1.37. The maximum absolute atomic E-state index is 11.3. The fraction of sp³-hybridized carbons (Fsp3) is 0.385. The van der Waals surface area contributed by atoms with Crippen LogP contribution in [0.5, 0.6) is 0 Å². The number of imidazole rings is 1. The van der Waals surface area contributed by atoms with E-state index in [1.165, 1.54) is 0 Å². The molecular weight excluding hydrogens is 230 g/mol. The van der Waals surface area contributed by atoms with Gasteiger partial charge in [-0.1, -0.05) is 6.07 Å². The fourth-order valence-corrected chi connectivity index (χ4v) is 2.37. The lowest BCUT2D eigenvalue weighted by atomic mass is 10.2. The van der Waals surface area contributed by atoms with Crippen molar-refractivity contribution in [3.05, 3.63) is 30.1 Å².